The summed E-state index contributed by atoms with van der Waals surface area (Å²) in [4.78, 5) is 12.1. The van der Waals surface area contributed by atoms with Crippen LogP contribution in [-0.4, -0.2) is 36.7 Å². The molecule has 3 rings (SSSR count). The zero-order valence-corrected chi connectivity index (χ0v) is 10.8. The van der Waals surface area contributed by atoms with Crippen LogP contribution in [0.4, 0.5) is 0 Å². The van der Waals surface area contributed by atoms with Gasteiger partial charge in [-0.2, -0.15) is 11.8 Å². The Hall–Kier alpha value is -1.36. The lowest BCUT2D eigenvalue weighted by atomic mass is 10.1. The number of benzene rings is 1. The monoisotopic (exact) mass is 265 g/mol. The first-order valence-corrected chi connectivity index (χ1v) is 7.26. The molecule has 0 saturated carbocycles. The predicted octanol–water partition coefficient (Wildman–Crippen LogP) is 1.69. The first kappa shape index (κ1) is 11.7. The number of fused-ring (bicyclic) bond motifs is 1. The van der Waals surface area contributed by atoms with Crippen LogP contribution in [0.1, 0.15) is 16.8 Å². The standard InChI is InChI=1S/C13H15NO3S/c15-13(14-10-3-6-18-8-10)9-1-2-11-12(7-9)17-5-4-16-11/h1-2,7,10H,3-6,8H2,(H,14,15)/t10-/m1/s1. The molecule has 5 heteroatoms. The van der Waals surface area contributed by atoms with Crippen molar-refractivity contribution >= 4 is 17.7 Å². The molecule has 0 aromatic heterocycles. The summed E-state index contributed by atoms with van der Waals surface area (Å²) in [6.45, 7) is 1.11. The van der Waals surface area contributed by atoms with E-state index < -0.39 is 0 Å². The maximum absolute atomic E-state index is 12.1. The maximum atomic E-state index is 12.1. The van der Waals surface area contributed by atoms with E-state index in [9.17, 15) is 4.79 Å². The lowest BCUT2D eigenvalue weighted by molar-refractivity contribution is 0.0940. The Morgan fingerprint density at radius 3 is 2.89 bits per heavy atom. The van der Waals surface area contributed by atoms with Gasteiger partial charge in [-0.05, 0) is 30.4 Å². The van der Waals surface area contributed by atoms with E-state index in [1.807, 2.05) is 11.8 Å². The molecule has 1 amide bonds. The van der Waals surface area contributed by atoms with Gasteiger partial charge in [-0.1, -0.05) is 0 Å². The van der Waals surface area contributed by atoms with Crippen molar-refractivity contribution in [1.82, 2.24) is 5.32 Å². The minimum Gasteiger partial charge on any atom is -0.486 e. The highest BCUT2D eigenvalue weighted by Crippen LogP contribution is 2.30. The number of thioether (sulfide) groups is 1. The van der Waals surface area contributed by atoms with Gasteiger partial charge in [0, 0.05) is 17.4 Å². The molecule has 2 aliphatic rings. The average molecular weight is 265 g/mol. The normalized spacial score (nSPS) is 21.7. The highest BCUT2D eigenvalue weighted by molar-refractivity contribution is 7.99. The SMILES string of the molecule is O=C(N[C@@H]1CCSC1)c1ccc2c(c1)OCCO2. The van der Waals surface area contributed by atoms with E-state index in [0.29, 0.717) is 36.3 Å². The van der Waals surface area contributed by atoms with Crippen LogP contribution in [0.5, 0.6) is 11.5 Å². The van der Waals surface area contributed by atoms with E-state index in [2.05, 4.69) is 5.32 Å². The summed E-state index contributed by atoms with van der Waals surface area (Å²) in [5.41, 5.74) is 0.635. The first-order valence-electron chi connectivity index (χ1n) is 6.11. The van der Waals surface area contributed by atoms with Gasteiger partial charge in [0.25, 0.3) is 5.91 Å². The molecule has 1 N–H and O–H groups in total. The van der Waals surface area contributed by atoms with Gasteiger partial charge in [0.05, 0.1) is 0 Å². The number of amides is 1. The zero-order valence-electron chi connectivity index (χ0n) is 9.98. The fraction of sp³-hybridized carbons (Fsp3) is 0.462. The number of hydrogen-bond acceptors (Lipinski definition) is 4. The van der Waals surface area contributed by atoms with Crippen LogP contribution in [0.25, 0.3) is 0 Å². The van der Waals surface area contributed by atoms with Crippen molar-refractivity contribution < 1.29 is 14.3 Å². The molecule has 2 aliphatic heterocycles. The van der Waals surface area contributed by atoms with E-state index in [4.69, 9.17) is 9.47 Å². The van der Waals surface area contributed by atoms with Gasteiger partial charge >= 0.3 is 0 Å². The molecule has 0 spiro atoms. The van der Waals surface area contributed by atoms with Crippen molar-refractivity contribution in [1.29, 1.82) is 0 Å². The topological polar surface area (TPSA) is 47.6 Å². The summed E-state index contributed by atoms with van der Waals surface area (Å²) >= 11 is 1.88. The number of hydrogen-bond donors (Lipinski definition) is 1. The molecular weight excluding hydrogens is 250 g/mol. The Morgan fingerprint density at radius 1 is 1.28 bits per heavy atom. The molecule has 4 nitrogen and oxygen atoms in total. The van der Waals surface area contributed by atoms with Crippen molar-refractivity contribution in [3.8, 4) is 11.5 Å². The second kappa shape index (κ2) is 5.10. The highest BCUT2D eigenvalue weighted by atomic mass is 32.2. The third-order valence-corrected chi connectivity index (χ3v) is 4.23. The fourth-order valence-corrected chi connectivity index (χ4v) is 3.25. The summed E-state index contributed by atoms with van der Waals surface area (Å²) < 4.78 is 10.9. The summed E-state index contributed by atoms with van der Waals surface area (Å²) in [7, 11) is 0. The Kier molecular flexibility index (Phi) is 3.32. The quantitative estimate of drug-likeness (QED) is 0.884. The molecule has 0 unspecified atom stereocenters. The molecule has 0 radical (unpaired) electrons. The Labute approximate surface area is 110 Å². The summed E-state index contributed by atoms with van der Waals surface area (Å²) in [6, 6.07) is 5.64. The number of carbonyl (C=O) groups is 1. The summed E-state index contributed by atoms with van der Waals surface area (Å²) in [5, 5.41) is 3.05. The minimum absolute atomic E-state index is 0.0283. The van der Waals surface area contributed by atoms with Crippen LogP contribution >= 0.6 is 11.8 Å². The molecule has 0 bridgehead atoms. The highest BCUT2D eigenvalue weighted by Gasteiger charge is 2.20. The molecule has 1 atom stereocenters. The van der Waals surface area contributed by atoms with Gasteiger partial charge in [0.2, 0.25) is 0 Å². The summed E-state index contributed by atoms with van der Waals surface area (Å²) in [5.74, 6) is 3.49. The Bertz CT molecular complexity index is 458. The van der Waals surface area contributed by atoms with Crippen molar-refractivity contribution in [3.63, 3.8) is 0 Å². The van der Waals surface area contributed by atoms with Crippen molar-refractivity contribution in [2.45, 2.75) is 12.5 Å². The maximum Gasteiger partial charge on any atom is 0.251 e. The van der Waals surface area contributed by atoms with Crippen molar-refractivity contribution in [2.75, 3.05) is 24.7 Å². The van der Waals surface area contributed by atoms with Crippen LogP contribution in [-0.2, 0) is 0 Å². The van der Waals surface area contributed by atoms with Gasteiger partial charge < -0.3 is 14.8 Å². The molecule has 2 heterocycles. The minimum atomic E-state index is -0.0283. The number of rotatable bonds is 2. The second-order valence-corrected chi connectivity index (χ2v) is 5.54. The largest absolute Gasteiger partial charge is 0.486 e. The first-order chi connectivity index (χ1) is 8.83. The lowest BCUT2D eigenvalue weighted by Crippen LogP contribution is -2.34. The van der Waals surface area contributed by atoms with Gasteiger partial charge in [0.1, 0.15) is 13.2 Å². The molecule has 1 saturated heterocycles. The Morgan fingerprint density at radius 2 is 2.11 bits per heavy atom. The van der Waals surface area contributed by atoms with Crippen LogP contribution in [0.15, 0.2) is 18.2 Å². The van der Waals surface area contributed by atoms with Gasteiger partial charge in [-0.3, -0.25) is 4.79 Å². The van der Waals surface area contributed by atoms with E-state index in [-0.39, 0.29) is 5.91 Å². The van der Waals surface area contributed by atoms with Crippen LogP contribution in [0.2, 0.25) is 0 Å². The van der Waals surface area contributed by atoms with E-state index >= 15 is 0 Å². The van der Waals surface area contributed by atoms with Crippen LogP contribution in [0, 0.1) is 0 Å². The van der Waals surface area contributed by atoms with Crippen molar-refractivity contribution in [2.24, 2.45) is 0 Å². The van der Waals surface area contributed by atoms with Gasteiger partial charge in [0.15, 0.2) is 11.5 Å². The van der Waals surface area contributed by atoms with Crippen LogP contribution in [0.3, 0.4) is 0 Å². The number of carbonyl (C=O) groups excluding carboxylic acids is 1. The second-order valence-electron chi connectivity index (χ2n) is 4.39. The molecule has 1 aromatic rings. The molecule has 96 valence electrons. The molecule has 1 fully saturated rings. The smallest absolute Gasteiger partial charge is 0.251 e. The predicted molar refractivity (Wildman–Crippen MR) is 70.6 cm³/mol. The van der Waals surface area contributed by atoms with Gasteiger partial charge in [-0.25, -0.2) is 0 Å². The van der Waals surface area contributed by atoms with E-state index in [0.717, 1.165) is 17.9 Å². The van der Waals surface area contributed by atoms with E-state index in [1.54, 1.807) is 18.2 Å². The summed E-state index contributed by atoms with van der Waals surface area (Å²) in [6.07, 6.45) is 1.06. The molecular formula is C13H15NO3S. The zero-order chi connectivity index (χ0) is 12.4. The molecule has 0 aliphatic carbocycles. The fourth-order valence-electron chi connectivity index (χ4n) is 2.10. The molecule has 18 heavy (non-hydrogen) atoms. The average Bonchev–Trinajstić information content (AvgIpc) is 2.91. The number of nitrogens with one attached hydrogen (secondary N) is 1. The van der Waals surface area contributed by atoms with Gasteiger partial charge in [-0.15, -0.1) is 0 Å². The Balaban J connectivity index is 1.73. The van der Waals surface area contributed by atoms with E-state index in [1.165, 1.54) is 0 Å². The number of ether oxygens (including phenoxy) is 2. The molecule has 1 aromatic carbocycles. The third-order valence-electron chi connectivity index (χ3n) is 3.07. The van der Waals surface area contributed by atoms with Crippen molar-refractivity contribution in [3.05, 3.63) is 23.8 Å². The lowest BCUT2D eigenvalue weighted by Gasteiger charge is -2.19. The van der Waals surface area contributed by atoms with Crippen LogP contribution < -0.4 is 14.8 Å². The third kappa shape index (κ3) is 2.41.